The number of alkyl halides is 2. The average molecular weight is 451 g/mol. The van der Waals surface area contributed by atoms with Crippen LogP contribution in [0.5, 0.6) is 11.8 Å². The van der Waals surface area contributed by atoms with Gasteiger partial charge >= 0.3 is 0 Å². The number of halogens is 2. The lowest BCUT2D eigenvalue weighted by molar-refractivity contribution is -0.133. The maximum atomic E-state index is 12.8. The molecule has 0 saturated carbocycles. The Morgan fingerprint density at radius 2 is 1.91 bits per heavy atom. The molecule has 174 valence electrons. The van der Waals surface area contributed by atoms with E-state index < -0.39 is 36.4 Å². The molecule has 0 spiro atoms. The fourth-order valence-electron chi connectivity index (χ4n) is 2.85. The Balaban J connectivity index is 2.17. The quantitative estimate of drug-likeness (QED) is 0.571. The third-order valence-electron chi connectivity index (χ3n) is 4.52. The number of ketones is 1. The number of aliphatic hydroxyl groups is 1. The van der Waals surface area contributed by atoms with Crippen LogP contribution < -0.4 is 14.8 Å². The van der Waals surface area contributed by atoms with Crippen molar-refractivity contribution in [3.63, 3.8) is 0 Å². The van der Waals surface area contributed by atoms with Gasteiger partial charge in [0.2, 0.25) is 11.8 Å². The smallest absolute Gasteiger partial charge is 0.272 e. The molecule has 2 rings (SSSR count). The number of hydrogen-bond donors (Lipinski definition) is 2. The van der Waals surface area contributed by atoms with E-state index in [1.165, 1.54) is 33.1 Å². The number of rotatable bonds is 10. The van der Waals surface area contributed by atoms with Crippen molar-refractivity contribution in [3.05, 3.63) is 46.8 Å². The monoisotopic (exact) mass is 451 g/mol. The number of amides is 1. The number of hydrogen-bond acceptors (Lipinski definition) is 7. The molecule has 0 radical (unpaired) electrons. The van der Waals surface area contributed by atoms with E-state index >= 15 is 0 Å². The molecule has 0 saturated heterocycles. The van der Waals surface area contributed by atoms with E-state index in [0.29, 0.717) is 22.5 Å². The van der Waals surface area contributed by atoms with Crippen LogP contribution in [0.3, 0.4) is 0 Å². The summed E-state index contributed by atoms with van der Waals surface area (Å²) in [4.78, 5) is 33.2. The van der Waals surface area contributed by atoms with E-state index in [9.17, 15) is 23.5 Å². The number of aryl methyl sites for hydroxylation is 1. The van der Waals surface area contributed by atoms with Crippen molar-refractivity contribution in [1.82, 2.24) is 15.3 Å². The van der Waals surface area contributed by atoms with Gasteiger partial charge < -0.3 is 19.9 Å². The summed E-state index contributed by atoms with van der Waals surface area (Å²) in [5, 5.41) is 12.7. The lowest BCUT2D eigenvalue weighted by atomic mass is 9.98. The molecule has 0 aliphatic carbocycles. The number of nitrogens with one attached hydrogen (secondary N) is 1. The van der Waals surface area contributed by atoms with Gasteiger partial charge in [-0.3, -0.25) is 14.6 Å². The van der Waals surface area contributed by atoms with Crippen LogP contribution in [0.15, 0.2) is 24.3 Å². The highest BCUT2D eigenvalue weighted by atomic mass is 19.3. The Labute approximate surface area is 185 Å². The largest absolute Gasteiger partial charge is 0.481 e. The molecule has 0 aliphatic heterocycles. The Morgan fingerprint density at radius 1 is 1.22 bits per heavy atom. The molecule has 1 atom stereocenters. The summed E-state index contributed by atoms with van der Waals surface area (Å²) in [5.74, 6) is -0.720. The van der Waals surface area contributed by atoms with Gasteiger partial charge in [0.1, 0.15) is 5.60 Å². The second kappa shape index (κ2) is 10.4. The van der Waals surface area contributed by atoms with Crippen molar-refractivity contribution in [2.75, 3.05) is 13.7 Å². The molecule has 2 aromatic heterocycles. The van der Waals surface area contributed by atoms with Crippen molar-refractivity contribution in [1.29, 1.82) is 0 Å². The second-order valence-electron chi connectivity index (χ2n) is 7.79. The fraction of sp³-hybridized carbons (Fsp3) is 0.455. The lowest BCUT2D eigenvalue weighted by Gasteiger charge is -2.18. The highest BCUT2D eigenvalue weighted by molar-refractivity contribution is 5.95. The predicted octanol–water partition coefficient (Wildman–Crippen LogP) is 2.81. The van der Waals surface area contributed by atoms with Crippen molar-refractivity contribution in [3.8, 4) is 11.8 Å². The number of pyridine rings is 2. The molecule has 2 aromatic rings. The molecule has 32 heavy (non-hydrogen) atoms. The van der Waals surface area contributed by atoms with E-state index in [2.05, 4.69) is 15.3 Å². The van der Waals surface area contributed by atoms with Crippen molar-refractivity contribution < 1.29 is 33.0 Å². The number of methoxy groups -OCH3 is 1. The van der Waals surface area contributed by atoms with Crippen molar-refractivity contribution in [2.45, 2.75) is 52.2 Å². The summed E-state index contributed by atoms with van der Waals surface area (Å²) in [5.41, 5.74) is 0.232. The summed E-state index contributed by atoms with van der Waals surface area (Å²) in [6.45, 7) is 5.41. The first-order chi connectivity index (χ1) is 14.9. The SMILES string of the molecule is COc1nc(OCC(F)F)ccc1C(C)NC(=O)c1cc(C)nc(CC(=O)C(C)(C)O)c1. The zero-order chi connectivity index (χ0) is 24.1. The Hall–Kier alpha value is -3.14. The van der Waals surface area contributed by atoms with Crippen molar-refractivity contribution in [2.24, 2.45) is 0 Å². The highest BCUT2D eigenvalue weighted by Gasteiger charge is 2.25. The van der Waals surface area contributed by atoms with Crippen LogP contribution in [-0.2, 0) is 11.2 Å². The minimum absolute atomic E-state index is 0.0182. The number of Topliss-reactive ketones (excluding diaryl/α,β-unsaturated/α-hetero) is 1. The van der Waals surface area contributed by atoms with Gasteiger partial charge in [-0.1, -0.05) is 0 Å². The van der Waals surface area contributed by atoms with Crippen LogP contribution in [0, 0.1) is 6.92 Å². The maximum absolute atomic E-state index is 12.8. The molecule has 2 N–H and O–H groups in total. The first-order valence-corrected chi connectivity index (χ1v) is 9.90. The summed E-state index contributed by atoms with van der Waals surface area (Å²) in [6.07, 6.45) is -2.74. The number of nitrogens with zero attached hydrogens (tertiary/aromatic N) is 2. The molecule has 0 fully saturated rings. The Morgan fingerprint density at radius 3 is 2.50 bits per heavy atom. The first-order valence-electron chi connectivity index (χ1n) is 9.90. The number of aromatic nitrogens is 2. The minimum Gasteiger partial charge on any atom is -0.481 e. The van der Waals surface area contributed by atoms with Gasteiger partial charge in [0, 0.05) is 28.6 Å². The molecule has 1 amide bonds. The predicted molar refractivity (Wildman–Crippen MR) is 112 cm³/mol. The summed E-state index contributed by atoms with van der Waals surface area (Å²) >= 11 is 0. The number of carbonyl (C=O) groups is 2. The molecule has 0 aromatic carbocycles. The zero-order valence-electron chi connectivity index (χ0n) is 18.6. The minimum atomic E-state index is -2.63. The topological polar surface area (TPSA) is 111 Å². The highest BCUT2D eigenvalue weighted by Crippen LogP contribution is 2.26. The van der Waals surface area contributed by atoms with E-state index in [0.717, 1.165) is 0 Å². The molecule has 0 aliphatic rings. The van der Waals surface area contributed by atoms with Gasteiger partial charge in [-0.2, -0.15) is 4.98 Å². The van der Waals surface area contributed by atoms with Crippen LogP contribution in [0.1, 0.15) is 54.1 Å². The number of carbonyl (C=O) groups excluding carboxylic acids is 2. The maximum Gasteiger partial charge on any atom is 0.272 e. The zero-order valence-corrected chi connectivity index (χ0v) is 18.6. The molecule has 8 nitrogen and oxygen atoms in total. The van der Waals surface area contributed by atoms with Crippen LogP contribution >= 0.6 is 0 Å². The molecule has 0 bridgehead atoms. The Bertz CT molecular complexity index is 977. The van der Waals surface area contributed by atoms with Crippen LogP contribution in [-0.4, -0.2) is 52.5 Å². The molecule has 1 unspecified atom stereocenters. The third-order valence-corrected chi connectivity index (χ3v) is 4.52. The van der Waals surface area contributed by atoms with Gasteiger partial charge in [0.05, 0.1) is 19.6 Å². The van der Waals surface area contributed by atoms with Gasteiger partial charge in [-0.25, -0.2) is 8.78 Å². The second-order valence-corrected chi connectivity index (χ2v) is 7.79. The van der Waals surface area contributed by atoms with Gasteiger partial charge in [0.15, 0.2) is 12.4 Å². The van der Waals surface area contributed by atoms with E-state index in [1.807, 2.05) is 0 Å². The van der Waals surface area contributed by atoms with Gasteiger partial charge in [-0.05, 0) is 45.9 Å². The molecular formula is C22H27F2N3O5. The first kappa shape index (κ1) is 25.1. The lowest BCUT2D eigenvalue weighted by Crippen LogP contribution is -2.33. The van der Waals surface area contributed by atoms with Crippen LogP contribution in [0.25, 0.3) is 0 Å². The van der Waals surface area contributed by atoms with E-state index in [-0.39, 0.29) is 18.2 Å². The molecule has 2 heterocycles. The van der Waals surface area contributed by atoms with Gasteiger partial charge in [-0.15, -0.1) is 0 Å². The fourth-order valence-corrected chi connectivity index (χ4v) is 2.85. The summed E-state index contributed by atoms with van der Waals surface area (Å²) in [7, 11) is 1.37. The molecule has 10 heteroatoms. The van der Waals surface area contributed by atoms with Crippen molar-refractivity contribution >= 4 is 11.7 Å². The van der Waals surface area contributed by atoms with Crippen LogP contribution in [0.2, 0.25) is 0 Å². The number of ether oxygens (including phenoxy) is 2. The van der Waals surface area contributed by atoms with E-state index in [1.54, 1.807) is 26.0 Å². The molecular weight excluding hydrogens is 424 g/mol. The Kier molecular flexibility index (Phi) is 8.20. The normalized spacial score (nSPS) is 12.4. The van der Waals surface area contributed by atoms with Gasteiger partial charge in [0.25, 0.3) is 12.3 Å². The van der Waals surface area contributed by atoms with Crippen LogP contribution in [0.4, 0.5) is 8.78 Å². The average Bonchev–Trinajstić information content (AvgIpc) is 2.70. The third kappa shape index (κ3) is 6.94. The summed E-state index contributed by atoms with van der Waals surface area (Å²) in [6, 6.07) is 5.53. The van der Waals surface area contributed by atoms with E-state index in [4.69, 9.17) is 9.47 Å². The summed E-state index contributed by atoms with van der Waals surface area (Å²) < 4.78 is 34.8. The standard InChI is InChI=1S/C22H27F2N3O5/c1-12-8-14(9-15(25-12)10-17(28)22(3,4)30)20(29)26-13(2)16-6-7-19(27-21(16)31-5)32-11-18(23)24/h6-9,13,18,30H,10-11H2,1-5H3,(H,26,29).